The molecule has 2 rings (SSSR count). The van der Waals surface area contributed by atoms with Crippen LogP contribution < -0.4 is 10.6 Å². The first-order valence-electron chi connectivity index (χ1n) is 10.0. The molecular formula is C20H36IN5O2S. The number of ether oxygens (including phenoxy) is 1. The van der Waals surface area contributed by atoms with Crippen LogP contribution in [-0.2, 0) is 16.1 Å². The van der Waals surface area contributed by atoms with E-state index in [1.165, 1.54) is 4.88 Å². The van der Waals surface area contributed by atoms with Gasteiger partial charge < -0.3 is 20.3 Å². The Balaban J connectivity index is 0.00000420. The summed E-state index contributed by atoms with van der Waals surface area (Å²) in [5.41, 5.74) is 0. The van der Waals surface area contributed by atoms with E-state index in [0.717, 1.165) is 39.3 Å². The zero-order chi connectivity index (χ0) is 20.4. The molecule has 2 N–H and O–H groups in total. The van der Waals surface area contributed by atoms with Gasteiger partial charge in [-0.15, -0.1) is 35.3 Å². The fourth-order valence-corrected chi connectivity index (χ4v) is 3.75. The van der Waals surface area contributed by atoms with Crippen molar-refractivity contribution in [3.8, 4) is 0 Å². The van der Waals surface area contributed by atoms with E-state index in [1.54, 1.807) is 30.3 Å². The van der Waals surface area contributed by atoms with Gasteiger partial charge in [-0.2, -0.15) is 0 Å². The van der Waals surface area contributed by atoms with Gasteiger partial charge in [-0.25, -0.2) is 4.99 Å². The van der Waals surface area contributed by atoms with Crippen molar-refractivity contribution in [2.75, 3.05) is 53.5 Å². The Morgan fingerprint density at radius 2 is 2.03 bits per heavy atom. The number of aliphatic imine (C=N–C) groups is 1. The van der Waals surface area contributed by atoms with E-state index in [1.807, 2.05) is 6.07 Å². The summed E-state index contributed by atoms with van der Waals surface area (Å²) >= 11 is 1.71. The van der Waals surface area contributed by atoms with Crippen LogP contribution in [0.15, 0.2) is 22.5 Å². The Bertz CT molecular complexity index is 604. The summed E-state index contributed by atoms with van der Waals surface area (Å²) in [6, 6.07) is 4.55. The van der Waals surface area contributed by atoms with Crippen LogP contribution >= 0.6 is 35.3 Å². The average Bonchev–Trinajstić information content (AvgIpc) is 3.20. The third-order valence-corrected chi connectivity index (χ3v) is 5.57. The molecule has 1 aromatic heterocycles. The Kier molecular flexibility index (Phi) is 12.8. The number of nitrogens with zero attached hydrogens (tertiary/aromatic N) is 3. The lowest BCUT2D eigenvalue weighted by Gasteiger charge is -2.35. The molecule has 9 heteroatoms. The Hall–Kier alpha value is -0.910. The van der Waals surface area contributed by atoms with E-state index in [9.17, 15) is 4.79 Å². The molecule has 0 aromatic carbocycles. The van der Waals surface area contributed by atoms with Crippen molar-refractivity contribution in [1.29, 1.82) is 0 Å². The monoisotopic (exact) mass is 537 g/mol. The second-order valence-electron chi connectivity index (χ2n) is 7.70. The van der Waals surface area contributed by atoms with E-state index < -0.39 is 0 Å². The maximum atomic E-state index is 12.0. The van der Waals surface area contributed by atoms with Gasteiger partial charge in [-0.1, -0.05) is 19.9 Å². The van der Waals surface area contributed by atoms with Crippen LogP contribution in [0.1, 0.15) is 25.1 Å². The number of carbonyl (C=O) groups is 1. The SMILES string of the molecule is CC(C)CC(CNC(=NCC(=O)N(C)C)NCc1cccs1)N1CCOCC1.I. The smallest absolute Gasteiger partial charge is 0.243 e. The summed E-state index contributed by atoms with van der Waals surface area (Å²) in [6.07, 6.45) is 1.11. The van der Waals surface area contributed by atoms with Crippen molar-refractivity contribution in [2.24, 2.45) is 10.9 Å². The molecule has 29 heavy (non-hydrogen) atoms. The van der Waals surface area contributed by atoms with Gasteiger partial charge in [0, 0.05) is 44.6 Å². The molecule has 7 nitrogen and oxygen atoms in total. The van der Waals surface area contributed by atoms with Crippen LogP contribution in [0, 0.1) is 5.92 Å². The van der Waals surface area contributed by atoms with Gasteiger partial charge in [0.05, 0.1) is 19.8 Å². The topological polar surface area (TPSA) is 69.2 Å². The molecule has 1 amide bonds. The molecule has 1 aromatic rings. The van der Waals surface area contributed by atoms with Crippen molar-refractivity contribution in [2.45, 2.75) is 32.9 Å². The summed E-state index contributed by atoms with van der Waals surface area (Å²) in [6.45, 7) is 9.67. The minimum absolute atomic E-state index is 0. The quantitative estimate of drug-likeness (QED) is 0.288. The molecular weight excluding hydrogens is 501 g/mol. The van der Waals surface area contributed by atoms with Gasteiger partial charge in [-0.3, -0.25) is 9.69 Å². The van der Waals surface area contributed by atoms with Crippen LogP contribution in [0.2, 0.25) is 0 Å². The third kappa shape index (κ3) is 10.1. The summed E-state index contributed by atoms with van der Waals surface area (Å²) in [5, 5.41) is 8.90. The van der Waals surface area contributed by atoms with Crippen molar-refractivity contribution in [3.05, 3.63) is 22.4 Å². The molecule has 2 heterocycles. The van der Waals surface area contributed by atoms with Gasteiger partial charge in [0.15, 0.2) is 5.96 Å². The number of thiophene rings is 1. The Morgan fingerprint density at radius 3 is 2.62 bits per heavy atom. The largest absolute Gasteiger partial charge is 0.379 e. The second-order valence-corrected chi connectivity index (χ2v) is 8.73. The number of likely N-dealkylation sites (N-methyl/N-ethyl adjacent to an activating group) is 1. The zero-order valence-electron chi connectivity index (χ0n) is 18.0. The highest BCUT2D eigenvalue weighted by Gasteiger charge is 2.22. The molecule has 1 unspecified atom stereocenters. The molecule has 0 aliphatic carbocycles. The van der Waals surface area contributed by atoms with Gasteiger partial charge >= 0.3 is 0 Å². The summed E-state index contributed by atoms with van der Waals surface area (Å²) < 4.78 is 5.51. The van der Waals surface area contributed by atoms with Gasteiger partial charge in [0.1, 0.15) is 6.54 Å². The minimum Gasteiger partial charge on any atom is -0.379 e. The maximum Gasteiger partial charge on any atom is 0.243 e. The van der Waals surface area contributed by atoms with E-state index in [4.69, 9.17) is 4.74 Å². The number of guanidine groups is 1. The molecule has 1 fully saturated rings. The van der Waals surface area contributed by atoms with Crippen molar-refractivity contribution in [1.82, 2.24) is 20.4 Å². The predicted octanol–water partition coefficient (Wildman–Crippen LogP) is 2.24. The molecule has 1 aliphatic heterocycles. The predicted molar refractivity (Wildman–Crippen MR) is 131 cm³/mol. The average molecular weight is 538 g/mol. The summed E-state index contributed by atoms with van der Waals surface area (Å²) in [4.78, 5) is 21.8. The van der Waals surface area contributed by atoms with Gasteiger partial charge in [-0.05, 0) is 23.8 Å². The van der Waals surface area contributed by atoms with Crippen LogP contribution in [0.4, 0.5) is 0 Å². The lowest BCUT2D eigenvalue weighted by Crippen LogP contribution is -2.51. The van der Waals surface area contributed by atoms with E-state index in [-0.39, 0.29) is 36.4 Å². The molecule has 0 bridgehead atoms. The van der Waals surface area contributed by atoms with Crippen LogP contribution in [0.3, 0.4) is 0 Å². The minimum atomic E-state index is -0.0101. The lowest BCUT2D eigenvalue weighted by atomic mass is 10.0. The van der Waals surface area contributed by atoms with E-state index in [2.05, 4.69) is 45.8 Å². The summed E-state index contributed by atoms with van der Waals surface area (Å²) in [5.74, 6) is 1.29. The van der Waals surface area contributed by atoms with Crippen molar-refractivity contribution in [3.63, 3.8) is 0 Å². The number of rotatable bonds is 9. The number of halogens is 1. The number of carbonyl (C=O) groups excluding carboxylic acids is 1. The van der Waals surface area contributed by atoms with Crippen LogP contribution in [-0.4, -0.2) is 81.2 Å². The molecule has 0 saturated carbocycles. The molecule has 0 spiro atoms. The lowest BCUT2D eigenvalue weighted by molar-refractivity contribution is -0.127. The van der Waals surface area contributed by atoms with Gasteiger partial charge in [0.25, 0.3) is 0 Å². The zero-order valence-corrected chi connectivity index (χ0v) is 21.2. The fourth-order valence-electron chi connectivity index (χ4n) is 3.11. The Labute approximate surface area is 196 Å². The van der Waals surface area contributed by atoms with Crippen molar-refractivity contribution >= 4 is 47.2 Å². The Morgan fingerprint density at radius 1 is 1.31 bits per heavy atom. The highest BCUT2D eigenvalue weighted by Crippen LogP contribution is 2.13. The highest BCUT2D eigenvalue weighted by molar-refractivity contribution is 14.0. The van der Waals surface area contributed by atoms with Gasteiger partial charge in [0.2, 0.25) is 5.91 Å². The third-order valence-electron chi connectivity index (χ3n) is 4.69. The molecule has 1 aliphatic rings. The number of hydrogen-bond acceptors (Lipinski definition) is 5. The first kappa shape index (κ1) is 26.1. The molecule has 1 saturated heterocycles. The maximum absolute atomic E-state index is 12.0. The number of nitrogens with one attached hydrogen (secondary N) is 2. The van der Waals surface area contributed by atoms with E-state index in [0.29, 0.717) is 24.5 Å². The van der Waals surface area contributed by atoms with Crippen molar-refractivity contribution < 1.29 is 9.53 Å². The standard InChI is InChI=1S/C20H35N5O2S.HI/c1-16(2)12-17(25-7-9-27-10-8-25)13-21-20(23-15-19(26)24(3)4)22-14-18-6-5-11-28-18;/h5-6,11,16-17H,7-10,12-15H2,1-4H3,(H2,21,22,23);1H. The van der Waals surface area contributed by atoms with E-state index >= 15 is 0 Å². The first-order chi connectivity index (χ1) is 13.5. The van der Waals surface area contributed by atoms with Crippen LogP contribution in [0.25, 0.3) is 0 Å². The molecule has 1 atom stereocenters. The first-order valence-corrected chi connectivity index (χ1v) is 10.9. The fraction of sp³-hybridized carbons (Fsp3) is 0.700. The highest BCUT2D eigenvalue weighted by atomic mass is 127. The van der Waals surface area contributed by atoms with Crippen LogP contribution in [0.5, 0.6) is 0 Å². The number of morpholine rings is 1. The second kappa shape index (κ2) is 14.2. The molecule has 0 radical (unpaired) electrons. The molecule has 166 valence electrons. The summed E-state index contributed by atoms with van der Waals surface area (Å²) in [7, 11) is 3.50. The number of hydrogen-bond donors (Lipinski definition) is 2. The normalized spacial score (nSPS) is 16.2. The number of amides is 1.